The molecule has 1 aliphatic heterocycles. The zero-order chi connectivity index (χ0) is 16.1. The Labute approximate surface area is 131 Å². The number of rotatable bonds is 5. The molecule has 1 amide bonds. The molecule has 22 heavy (non-hydrogen) atoms. The van der Waals surface area contributed by atoms with Gasteiger partial charge in [0.05, 0.1) is 7.11 Å². The third-order valence-corrected chi connectivity index (χ3v) is 4.08. The fraction of sp³-hybridized carbons (Fsp3) is 0.529. The van der Waals surface area contributed by atoms with Crippen LogP contribution in [0.3, 0.4) is 0 Å². The Kier molecular flexibility index (Phi) is 5.55. The van der Waals surface area contributed by atoms with Gasteiger partial charge in [-0.1, -0.05) is 18.2 Å². The maximum absolute atomic E-state index is 12.2. The molecule has 0 saturated carbocycles. The van der Waals surface area contributed by atoms with Gasteiger partial charge in [-0.25, -0.2) is 4.79 Å². The average Bonchev–Trinajstić information content (AvgIpc) is 3.03. The number of amides is 1. The highest BCUT2D eigenvalue weighted by atomic mass is 16.5. The molecule has 1 heterocycles. The number of carbonyl (C=O) groups excluding carboxylic acids is 2. The van der Waals surface area contributed by atoms with Gasteiger partial charge in [-0.3, -0.25) is 4.79 Å². The number of carbonyl (C=O) groups is 2. The molecule has 1 fully saturated rings. The third kappa shape index (κ3) is 3.85. The number of esters is 1. The van der Waals surface area contributed by atoms with Crippen LogP contribution in [-0.2, 0) is 25.5 Å². The maximum atomic E-state index is 12.2. The van der Waals surface area contributed by atoms with Crippen molar-refractivity contribution in [2.24, 2.45) is 0 Å². The van der Waals surface area contributed by atoms with Gasteiger partial charge in [0.25, 0.3) is 0 Å². The minimum atomic E-state index is -0.693. The minimum absolute atomic E-state index is 0.237. The number of benzene rings is 1. The van der Waals surface area contributed by atoms with Crippen molar-refractivity contribution in [1.82, 2.24) is 5.32 Å². The largest absolute Gasteiger partial charge is 0.467 e. The van der Waals surface area contributed by atoms with Gasteiger partial charge < -0.3 is 14.8 Å². The van der Waals surface area contributed by atoms with E-state index in [0.717, 1.165) is 23.1 Å². The minimum Gasteiger partial charge on any atom is -0.467 e. The first-order valence-corrected chi connectivity index (χ1v) is 7.58. The molecule has 0 aromatic heterocycles. The number of methoxy groups -OCH3 is 1. The lowest BCUT2D eigenvalue weighted by molar-refractivity contribution is -0.146. The Hall–Kier alpha value is -1.88. The molecule has 0 aliphatic carbocycles. The lowest BCUT2D eigenvalue weighted by Crippen LogP contribution is -2.47. The summed E-state index contributed by atoms with van der Waals surface area (Å²) in [5.41, 5.74) is 3.26. The molecule has 0 radical (unpaired) electrons. The molecule has 2 rings (SSSR count). The highest BCUT2D eigenvalue weighted by molar-refractivity contribution is 5.87. The SMILES string of the molecule is COC(=O)[C@H](Cc1c(C)cccc1C)NC(=O)[C@H]1CCCO1. The van der Waals surface area contributed by atoms with Crippen LogP contribution in [-0.4, -0.2) is 37.7 Å². The second kappa shape index (κ2) is 7.40. The number of aryl methyl sites for hydroxylation is 2. The fourth-order valence-electron chi connectivity index (χ4n) is 2.76. The van der Waals surface area contributed by atoms with Gasteiger partial charge in [0.15, 0.2) is 0 Å². The summed E-state index contributed by atoms with van der Waals surface area (Å²) in [6.45, 7) is 4.59. The van der Waals surface area contributed by atoms with Crippen molar-refractivity contribution < 1.29 is 19.1 Å². The molecule has 5 nitrogen and oxygen atoms in total. The van der Waals surface area contributed by atoms with Crippen LogP contribution in [0, 0.1) is 13.8 Å². The zero-order valence-corrected chi connectivity index (χ0v) is 13.3. The molecule has 1 N–H and O–H groups in total. The molecule has 5 heteroatoms. The second-order valence-corrected chi connectivity index (χ2v) is 5.66. The predicted octanol–water partition coefficient (Wildman–Crippen LogP) is 1.68. The van der Waals surface area contributed by atoms with E-state index in [4.69, 9.17) is 9.47 Å². The van der Waals surface area contributed by atoms with Crippen LogP contribution in [0.15, 0.2) is 18.2 Å². The summed E-state index contributed by atoms with van der Waals surface area (Å²) in [5, 5.41) is 2.77. The van der Waals surface area contributed by atoms with E-state index in [-0.39, 0.29) is 5.91 Å². The van der Waals surface area contributed by atoms with Gasteiger partial charge in [-0.05, 0) is 43.4 Å². The summed E-state index contributed by atoms with van der Waals surface area (Å²) in [6, 6.07) is 5.28. The Balaban J connectivity index is 2.12. The molecule has 2 atom stereocenters. The number of hydrogen-bond acceptors (Lipinski definition) is 4. The first-order valence-electron chi connectivity index (χ1n) is 7.58. The van der Waals surface area contributed by atoms with Gasteiger partial charge in [-0.15, -0.1) is 0 Å². The van der Waals surface area contributed by atoms with Gasteiger partial charge in [-0.2, -0.15) is 0 Å². The second-order valence-electron chi connectivity index (χ2n) is 5.66. The van der Waals surface area contributed by atoms with Crippen molar-refractivity contribution in [3.63, 3.8) is 0 Å². The summed E-state index contributed by atoms with van der Waals surface area (Å²) < 4.78 is 10.2. The molecule has 0 spiro atoms. The first kappa shape index (κ1) is 16.5. The molecule has 0 unspecified atom stereocenters. The van der Waals surface area contributed by atoms with Crippen molar-refractivity contribution in [1.29, 1.82) is 0 Å². The Morgan fingerprint density at radius 1 is 1.36 bits per heavy atom. The van der Waals surface area contributed by atoms with Gasteiger partial charge in [0.1, 0.15) is 12.1 Å². The van der Waals surface area contributed by atoms with Crippen molar-refractivity contribution in [3.05, 3.63) is 34.9 Å². The van der Waals surface area contributed by atoms with Gasteiger partial charge >= 0.3 is 5.97 Å². The molecule has 1 aromatic carbocycles. The van der Waals surface area contributed by atoms with Crippen LogP contribution >= 0.6 is 0 Å². The van der Waals surface area contributed by atoms with E-state index >= 15 is 0 Å². The summed E-state index contributed by atoms with van der Waals surface area (Å²) in [6.07, 6.45) is 1.54. The van der Waals surface area contributed by atoms with Crippen molar-refractivity contribution >= 4 is 11.9 Å². The Morgan fingerprint density at radius 3 is 2.59 bits per heavy atom. The highest BCUT2D eigenvalue weighted by Gasteiger charge is 2.29. The van der Waals surface area contributed by atoms with E-state index < -0.39 is 18.1 Å². The monoisotopic (exact) mass is 305 g/mol. The molecule has 120 valence electrons. The number of ether oxygens (including phenoxy) is 2. The first-order chi connectivity index (χ1) is 10.5. The van der Waals surface area contributed by atoms with Crippen LogP contribution in [0.4, 0.5) is 0 Å². The summed E-state index contributed by atoms with van der Waals surface area (Å²) in [5.74, 6) is -0.673. The lowest BCUT2D eigenvalue weighted by Gasteiger charge is -2.20. The molecule has 1 aromatic rings. The average molecular weight is 305 g/mol. The van der Waals surface area contributed by atoms with Crippen molar-refractivity contribution in [3.8, 4) is 0 Å². The van der Waals surface area contributed by atoms with E-state index in [0.29, 0.717) is 19.4 Å². The smallest absolute Gasteiger partial charge is 0.328 e. The number of hydrogen-bond donors (Lipinski definition) is 1. The van der Waals surface area contributed by atoms with Crippen LogP contribution in [0.5, 0.6) is 0 Å². The van der Waals surface area contributed by atoms with E-state index in [9.17, 15) is 9.59 Å². The molecule has 1 saturated heterocycles. The topological polar surface area (TPSA) is 64.6 Å². The quantitative estimate of drug-likeness (QED) is 0.841. The third-order valence-electron chi connectivity index (χ3n) is 4.08. The highest BCUT2D eigenvalue weighted by Crippen LogP contribution is 2.17. The van der Waals surface area contributed by atoms with Crippen LogP contribution < -0.4 is 5.32 Å². The summed E-state index contributed by atoms with van der Waals surface area (Å²) in [7, 11) is 1.33. The summed E-state index contributed by atoms with van der Waals surface area (Å²) >= 11 is 0. The van der Waals surface area contributed by atoms with Gasteiger partial charge in [0, 0.05) is 13.0 Å². The normalized spacial score (nSPS) is 18.8. The van der Waals surface area contributed by atoms with Crippen LogP contribution in [0.25, 0.3) is 0 Å². The molecular formula is C17H23NO4. The summed E-state index contributed by atoms with van der Waals surface area (Å²) in [4.78, 5) is 24.2. The number of nitrogens with one attached hydrogen (secondary N) is 1. The molecule has 0 bridgehead atoms. The zero-order valence-electron chi connectivity index (χ0n) is 13.3. The molecule has 1 aliphatic rings. The van der Waals surface area contributed by atoms with Crippen LogP contribution in [0.2, 0.25) is 0 Å². The van der Waals surface area contributed by atoms with E-state index in [2.05, 4.69) is 5.32 Å². The van der Waals surface area contributed by atoms with E-state index in [1.165, 1.54) is 7.11 Å². The molecular weight excluding hydrogens is 282 g/mol. The Morgan fingerprint density at radius 2 is 2.05 bits per heavy atom. The van der Waals surface area contributed by atoms with Crippen molar-refractivity contribution in [2.75, 3.05) is 13.7 Å². The van der Waals surface area contributed by atoms with E-state index in [1.54, 1.807) is 0 Å². The standard InChI is InChI=1S/C17H23NO4/c1-11-6-4-7-12(2)13(11)10-14(17(20)21-3)18-16(19)15-8-5-9-22-15/h4,6-7,14-15H,5,8-10H2,1-3H3,(H,18,19)/t14-,15+/m0/s1. The maximum Gasteiger partial charge on any atom is 0.328 e. The lowest BCUT2D eigenvalue weighted by atomic mass is 9.96. The van der Waals surface area contributed by atoms with Gasteiger partial charge in [0.2, 0.25) is 5.91 Å². The van der Waals surface area contributed by atoms with Crippen molar-refractivity contribution in [2.45, 2.75) is 45.3 Å². The fourth-order valence-corrected chi connectivity index (χ4v) is 2.76. The van der Waals surface area contributed by atoms with Crippen LogP contribution in [0.1, 0.15) is 29.5 Å². The van der Waals surface area contributed by atoms with E-state index in [1.807, 2.05) is 32.0 Å². The predicted molar refractivity (Wildman–Crippen MR) is 82.5 cm³/mol. The Bertz CT molecular complexity index is 529.